The van der Waals surface area contributed by atoms with Crippen LogP contribution in [0.5, 0.6) is 0 Å². The van der Waals surface area contributed by atoms with Gasteiger partial charge >= 0.3 is 5.97 Å². The second-order valence-corrected chi connectivity index (χ2v) is 4.71. The van der Waals surface area contributed by atoms with Crippen LogP contribution in [0.1, 0.15) is 29.3 Å². The molecule has 0 fully saturated rings. The van der Waals surface area contributed by atoms with Gasteiger partial charge in [-0.1, -0.05) is 12.1 Å². The molecule has 0 radical (unpaired) electrons. The average molecular weight is 310 g/mol. The lowest BCUT2D eigenvalue weighted by atomic mass is 10.2. The summed E-state index contributed by atoms with van der Waals surface area (Å²) in [5.41, 5.74) is 0.929. The minimum absolute atomic E-state index is 0.0502. The molecule has 1 atom stereocenters. The molecule has 5 heteroatoms. The van der Waals surface area contributed by atoms with Crippen LogP contribution in [0.3, 0.4) is 0 Å². The number of carbonyl (C=O) groups is 1. The van der Waals surface area contributed by atoms with Crippen molar-refractivity contribution in [2.24, 2.45) is 0 Å². The van der Waals surface area contributed by atoms with Gasteiger partial charge in [0.2, 0.25) is 5.76 Å². The predicted octanol–water partition coefficient (Wildman–Crippen LogP) is 3.91. The number of hydrogen-bond acceptors (Lipinski definition) is 3. The van der Waals surface area contributed by atoms with Gasteiger partial charge in [0.25, 0.3) is 0 Å². The number of rotatable bonds is 4. The van der Waals surface area contributed by atoms with Gasteiger partial charge in [0.15, 0.2) is 0 Å². The largest absolute Gasteiger partial charge is 0.475 e. The molecule has 1 heterocycles. The van der Waals surface area contributed by atoms with Crippen molar-refractivity contribution in [2.45, 2.75) is 13.0 Å². The zero-order valence-corrected chi connectivity index (χ0v) is 11.3. The monoisotopic (exact) mass is 309 g/mol. The number of hydrogen-bond donors (Lipinski definition) is 2. The first-order valence-corrected chi connectivity index (χ1v) is 6.21. The molecule has 2 aromatic rings. The molecule has 4 nitrogen and oxygen atoms in total. The summed E-state index contributed by atoms with van der Waals surface area (Å²) < 4.78 is 6.19. The maximum atomic E-state index is 10.7. The standard InChI is InChI=1S/C13H12BrNO3/c1-8(11-6-7-12(18-11)13(16)17)15-10-5-3-2-4-9(10)14/h2-8,15H,1H3,(H,16,17). The zero-order valence-electron chi connectivity index (χ0n) is 9.68. The van der Waals surface area contributed by atoms with E-state index < -0.39 is 5.97 Å². The highest BCUT2D eigenvalue weighted by atomic mass is 79.9. The Labute approximate surface area is 113 Å². The van der Waals surface area contributed by atoms with Crippen LogP contribution in [-0.4, -0.2) is 11.1 Å². The summed E-state index contributed by atoms with van der Waals surface area (Å²) in [6, 6.07) is 10.7. The first-order valence-electron chi connectivity index (χ1n) is 5.42. The Balaban J connectivity index is 2.14. The smallest absolute Gasteiger partial charge is 0.371 e. The molecule has 0 amide bonds. The van der Waals surface area contributed by atoms with Crippen molar-refractivity contribution in [3.05, 3.63) is 52.4 Å². The van der Waals surface area contributed by atoms with Crippen LogP contribution in [0.15, 0.2) is 45.3 Å². The molecule has 1 unspecified atom stereocenters. The molecule has 0 aliphatic rings. The zero-order chi connectivity index (χ0) is 13.1. The number of carboxylic acids is 1. The van der Waals surface area contributed by atoms with E-state index in [9.17, 15) is 4.79 Å². The number of anilines is 1. The molecule has 0 spiro atoms. The number of para-hydroxylation sites is 1. The summed E-state index contributed by atoms with van der Waals surface area (Å²) in [5, 5.41) is 12.0. The van der Waals surface area contributed by atoms with Gasteiger partial charge in [-0.15, -0.1) is 0 Å². The van der Waals surface area contributed by atoms with E-state index in [0.717, 1.165) is 10.2 Å². The summed E-state index contributed by atoms with van der Waals surface area (Å²) in [6.07, 6.45) is 0. The summed E-state index contributed by atoms with van der Waals surface area (Å²) >= 11 is 3.44. The second kappa shape index (κ2) is 5.27. The van der Waals surface area contributed by atoms with Gasteiger partial charge in [-0.25, -0.2) is 4.79 Å². The molecule has 0 aliphatic carbocycles. The highest BCUT2D eigenvalue weighted by Crippen LogP contribution is 2.26. The van der Waals surface area contributed by atoms with E-state index in [0.29, 0.717) is 5.76 Å². The fourth-order valence-corrected chi connectivity index (χ4v) is 1.98. The third-order valence-electron chi connectivity index (χ3n) is 2.51. The Morgan fingerprint density at radius 3 is 2.67 bits per heavy atom. The fourth-order valence-electron chi connectivity index (χ4n) is 1.58. The van der Waals surface area contributed by atoms with E-state index in [2.05, 4.69) is 21.2 Å². The van der Waals surface area contributed by atoms with E-state index >= 15 is 0 Å². The molecule has 0 aliphatic heterocycles. The van der Waals surface area contributed by atoms with Crippen LogP contribution in [0, 0.1) is 0 Å². The van der Waals surface area contributed by atoms with Gasteiger partial charge in [-0.05, 0) is 47.1 Å². The van der Waals surface area contributed by atoms with E-state index in [1.165, 1.54) is 6.07 Å². The van der Waals surface area contributed by atoms with Gasteiger partial charge in [-0.3, -0.25) is 0 Å². The Morgan fingerprint density at radius 1 is 1.33 bits per heavy atom. The Hall–Kier alpha value is -1.75. The van der Waals surface area contributed by atoms with Gasteiger partial charge in [-0.2, -0.15) is 0 Å². The summed E-state index contributed by atoms with van der Waals surface area (Å²) in [6.45, 7) is 1.91. The average Bonchev–Trinajstić information content (AvgIpc) is 2.81. The lowest BCUT2D eigenvalue weighted by molar-refractivity contribution is 0.0660. The van der Waals surface area contributed by atoms with Crippen molar-refractivity contribution >= 4 is 27.6 Å². The van der Waals surface area contributed by atoms with Crippen LogP contribution in [0.25, 0.3) is 0 Å². The van der Waals surface area contributed by atoms with Gasteiger partial charge in [0, 0.05) is 10.2 Å². The molecule has 2 rings (SSSR count). The van der Waals surface area contributed by atoms with Crippen LogP contribution in [0.4, 0.5) is 5.69 Å². The highest BCUT2D eigenvalue weighted by molar-refractivity contribution is 9.10. The maximum absolute atomic E-state index is 10.7. The third kappa shape index (κ3) is 2.73. The molecule has 2 N–H and O–H groups in total. The second-order valence-electron chi connectivity index (χ2n) is 3.85. The Bertz CT molecular complexity index is 565. The number of halogens is 1. The number of carboxylic acid groups (broad SMARTS) is 1. The summed E-state index contributed by atoms with van der Waals surface area (Å²) in [5.74, 6) is -0.525. The predicted molar refractivity (Wildman–Crippen MR) is 71.8 cm³/mol. The first kappa shape index (κ1) is 12.7. The van der Waals surface area contributed by atoms with Crippen molar-refractivity contribution in [2.75, 3.05) is 5.32 Å². The lowest BCUT2D eigenvalue weighted by Crippen LogP contribution is -2.06. The molecule has 94 valence electrons. The lowest BCUT2D eigenvalue weighted by Gasteiger charge is -2.14. The van der Waals surface area contributed by atoms with Crippen molar-refractivity contribution in [1.29, 1.82) is 0 Å². The van der Waals surface area contributed by atoms with Crippen molar-refractivity contribution in [3.63, 3.8) is 0 Å². The maximum Gasteiger partial charge on any atom is 0.371 e. The molecular formula is C13H12BrNO3. The van der Waals surface area contributed by atoms with Gasteiger partial charge in [0.1, 0.15) is 5.76 Å². The minimum Gasteiger partial charge on any atom is -0.475 e. The molecule has 0 saturated heterocycles. The van der Waals surface area contributed by atoms with Crippen molar-refractivity contribution in [1.82, 2.24) is 0 Å². The van der Waals surface area contributed by atoms with Crippen LogP contribution >= 0.6 is 15.9 Å². The van der Waals surface area contributed by atoms with Crippen LogP contribution in [-0.2, 0) is 0 Å². The number of furan rings is 1. The number of nitrogens with one attached hydrogen (secondary N) is 1. The Morgan fingerprint density at radius 2 is 2.06 bits per heavy atom. The molecule has 0 bridgehead atoms. The van der Waals surface area contributed by atoms with E-state index in [1.54, 1.807) is 6.07 Å². The number of aromatic carboxylic acids is 1. The molecule has 1 aromatic heterocycles. The minimum atomic E-state index is -1.06. The van der Waals surface area contributed by atoms with E-state index in [4.69, 9.17) is 9.52 Å². The quantitative estimate of drug-likeness (QED) is 0.898. The summed E-state index contributed by atoms with van der Waals surface area (Å²) in [4.78, 5) is 10.7. The van der Waals surface area contributed by atoms with Crippen LogP contribution in [0.2, 0.25) is 0 Å². The SMILES string of the molecule is CC(Nc1ccccc1Br)c1ccc(C(=O)O)o1. The fraction of sp³-hybridized carbons (Fsp3) is 0.154. The van der Waals surface area contributed by atoms with Gasteiger partial charge in [0.05, 0.1) is 6.04 Å². The van der Waals surface area contributed by atoms with Crippen molar-refractivity contribution < 1.29 is 14.3 Å². The van der Waals surface area contributed by atoms with Crippen LogP contribution < -0.4 is 5.32 Å². The highest BCUT2D eigenvalue weighted by Gasteiger charge is 2.14. The summed E-state index contributed by atoms with van der Waals surface area (Å²) in [7, 11) is 0. The molecular weight excluding hydrogens is 298 g/mol. The molecule has 0 saturated carbocycles. The first-order chi connectivity index (χ1) is 8.58. The van der Waals surface area contributed by atoms with Gasteiger partial charge < -0.3 is 14.8 Å². The molecule has 1 aromatic carbocycles. The molecule has 18 heavy (non-hydrogen) atoms. The Kier molecular flexibility index (Phi) is 3.72. The van der Waals surface area contributed by atoms with E-state index in [-0.39, 0.29) is 11.8 Å². The normalized spacial score (nSPS) is 12.1. The topological polar surface area (TPSA) is 62.5 Å². The van der Waals surface area contributed by atoms with E-state index in [1.807, 2.05) is 31.2 Å². The number of benzene rings is 1. The van der Waals surface area contributed by atoms with Crippen molar-refractivity contribution in [3.8, 4) is 0 Å². The third-order valence-corrected chi connectivity index (χ3v) is 3.20.